The highest BCUT2D eigenvalue weighted by molar-refractivity contribution is 5.87. The second-order valence-corrected chi connectivity index (χ2v) is 8.71. The SMILES string of the molecule is CC(C)[C@@H]1CC[C@@H](C)C[C@H]1[C@](CC=O)(NC(=O)OC(C)(C)C)C(=O)O. The number of aldehydes is 1. The molecule has 0 spiro atoms. The largest absolute Gasteiger partial charge is 0.479 e. The number of alkyl carbamates (subject to hydrolysis) is 1. The second-order valence-electron chi connectivity index (χ2n) is 8.71. The smallest absolute Gasteiger partial charge is 0.408 e. The Bertz CT molecular complexity index is 497. The summed E-state index contributed by atoms with van der Waals surface area (Å²) in [7, 11) is 0. The van der Waals surface area contributed by atoms with E-state index in [1.165, 1.54) is 0 Å². The topological polar surface area (TPSA) is 92.7 Å². The molecule has 0 heterocycles. The Kier molecular flexibility index (Phi) is 7.03. The van der Waals surface area contributed by atoms with Crippen LogP contribution in [0.1, 0.15) is 67.2 Å². The van der Waals surface area contributed by atoms with Crippen molar-refractivity contribution in [1.82, 2.24) is 5.32 Å². The van der Waals surface area contributed by atoms with Crippen LogP contribution >= 0.6 is 0 Å². The monoisotopic (exact) mass is 355 g/mol. The molecule has 1 rings (SSSR count). The average molecular weight is 355 g/mol. The van der Waals surface area contributed by atoms with Crippen LogP contribution in [0.4, 0.5) is 4.79 Å². The number of ether oxygens (including phenoxy) is 1. The van der Waals surface area contributed by atoms with Crippen molar-refractivity contribution in [3.8, 4) is 0 Å². The Morgan fingerprint density at radius 3 is 2.32 bits per heavy atom. The second kappa shape index (κ2) is 8.19. The Morgan fingerprint density at radius 2 is 1.88 bits per heavy atom. The molecule has 1 amide bonds. The molecule has 144 valence electrons. The van der Waals surface area contributed by atoms with Gasteiger partial charge >= 0.3 is 12.1 Å². The molecule has 0 aromatic rings. The van der Waals surface area contributed by atoms with Crippen molar-refractivity contribution >= 4 is 18.3 Å². The first kappa shape index (κ1) is 21.5. The van der Waals surface area contributed by atoms with Gasteiger partial charge < -0.3 is 20.0 Å². The van der Waals surface area contributed by atoms with E-state index in [0.717, 1.165) is 12.8 Å². The fourth-order valence-electron chi connectivity index (χ4n) is 3.98. The summed E-state index contributed by atoms with van der Waals surface area (Å²) in [5, 5.41) is 12.6. The van der Waals surface area contributed by atoms with E-state index < -0.39 is 23.2 Å². The number of carbonyl (C=O) groups is 3. The van der Waals surface area contributed by atoms with Crippen molar-refractivity contribution in [2.24, 2.45) is 23.7 Å². The van der Waals surface area contributed by atoms with Gasteiger partial charge in [-0.15, -0.1) is 0 Å². The molecule has 0 saturated heterocycles. The highest BCUT2D eigenvalue weighted by atomic mass is 16.6. The number of carboxylic acids is 1. The third kappa shape index (κ3) is 5.44. The molecular formula is C19H33NO5. The predicted octanol–water partition coefficient (Wildman–Crippen LogP) is 3.63. The van der Waals surface area contributed by atoms with E-state index in [1.807, 2.05) is 0 Å². The summed E-state index contributed by atoms with van der Waals surface area (Å²) in [5.74, 6) is -0.738. The van der Waals surface area contributed by atoms with Crippen LogP contribution in [0.3, 0.4) is 0 Å². The van der Waals surface area contributed by atoms with Gasteiger partial charge in [0.25, 0.3) is 0 Å². The molecule has 6 nitrogen and oxygen atoms in total. The molecule has 6 heteroatoms. The summed E-state index contributed by atoms with van der Waals surface area (Å²) in [6, 6.07) is 0. The summed E-state index contributed by atoms with van der Waals surface area (Å²) < 4.78 is 5.27. The Balaban J connectivity index is 3.26. The number of carbonyl (C=O) groups excluding carboxylic acids is 2. The quantitative estimate of drug-likeness (QED) is 0.710. The maximum Gasteiger partial charge on any atom is 0.408 e. The third-order valence-electron chi connectivity index (χ3n) is 5.17. The molecular weight excluding hydrogens is 322 g/mol. The number of rotatable bonds is 6. The number of hydrogen-bond acceptors (Lipinski definition) is 4. The van der Waals surface area contributed by atoms with Gasteiger partial charge in [0, 0.05) is 6.42 Å². The molecule has 1 fully saturated rings. The summed E-state index contributed by atoms with van der Waals surface area (Å²) >= 11 is 0. The van der Waals surface area contributed by atoms with Gasteiger partial charge in [-0.1, -0.05) is 27.2 Å². The molecule has 1 saturated carbocycles. The van der Waals surface area contributed by atoms with Crippen LogP contribution in [0.2, 0.25) is 0 Å². The molecule has 0 bridgehead atoms. The number of nitrogens with one attached hydrogen (secondary N) is 1. The Morgan fingerprint density at radius 1 is 1.28 bits per heavy atom. The van der Waals surface area contributed by atoms with Crippen LogP contribution < -0.4 is 5.32 Å². The van der Waals surface area contributed by atoms with Gasteiger partial charge in [-0.2, -0.15) is 0 Å². The summed E-state index contributed by atoms with van der Waals surface area (Å²) in [6.07, 6.45) is 2.12. The van der Waals surface area contributed by atoms with E-state index in [4.69, 9.17) is 4.74 Å². The van der Waals surface area contributed by atoms with Gasteiger partial charge in [-0.25, -0.2) is 9.59 Å². The molecule has 2 N–H and O–H groups in total. The Labute approximate surface area is 150 Å². The molecule has 1 aliphatic rings. The van der Waals surface area contributed by atoms with E-state index >= 15 is 0 Å². The van der Waals surface area contributed by atoms with Crippen LogP contribution in [-0.2, 0) is 14.3 Å². The number of hydrogen-bond donors (Lipinski definition) is 2. The lowest BCUT2D eigenvalue weighted by molar-refractivity contribution is -0.152. The van der Waals surface area contributed by atoms with E-state index in [-0.39, 0.29) is 24.2 Å². The lowest BCUT2D eigenvalue weighted by Gasteiger charge is -2.46. The fraction of sp³-hybridized carbons (Fsp3) is 0.842. The summed E-state index contributed by atoms with van der Waals surface area (Å²) in [4.78, 5) is 35.9. The standard InChI is InChI=1S/C19H33NO5/c1-12(2)14-8-7-13(3)11-15(14)19(9-10-21,16(22)23)20-17(24)25-18(4,5)6/h10,12-15H,7-9,11H2,1-6H3,(H,20,24)(H,22,23)/t13-,14+,15-,19+/m1/s1. The van der Waals surface area contributed by atoms with E-state index in [1.54, 1.807) is 20.8 Å². The van der Waals surface area contributed by atoms with Gasteiger partial charge in [0.05, 0.1) is 0 Å². The summed E-state index contributed by atoms with van der Waals surface area (Å²) in [6.45, 7) is 11.4. The molecule has 0 aliphatic heterocycles. The lowest BCUT2D eigenvalue weighted by atomic mass is 9.61. The molecule has 0 aromatic carbocycles. The number of aliphatic carboxylic acids is 1. The first-order valence-electron chi connectivity index (χ1n) is 9.11. The first-order valence-corrected chi connectivity index (χ1v) is 9.11. The van der Waals surface area contributed by atoms with E-state index in [9.17, 15) is 19.5 Å². The van der Waals surface area contributed by atoms with Crippen molar-refractivity contribution in [1.29, 1.82) is 0 Å². The highest BCUT2D eigenvalue weighted by Crippen LogP contribution is 2.44. The van der Waals surface area contributed by atoms with Gasteiger partial charge in [0.2, 0.25) is 0 Å². The predicted molar refractivity (Wildman–Crippen MR) is 95.3 cm³/mol. The highest BCUT2D eigenvalue weighted by Gasteiger charge is 2.52. The summed E-state index contributed by atoms with van der Waals surface area (Å²) in [5.41, 5.74) is -2.37. The van der Waals surface area contributed by atoms with Crippen LogP contribution in [0.15, 0.2) is 0 Å². The van der Waals surface area contributed by atoms with Crippen LogP contribution in [0, 0.1) is 23.7 Å². The zero-order chi connectivity index (χ0) is 19.4. The van der Waals surface area contributed by atoms with Gasteiger partial charge in [-0.3, -0.25) is 0 Å². The van der Waals surface area contributed by atoms with Crippen molar-refractivity contribution < 1.29 is 24.2 Å². The van der Waals surface area contributed by atoms with E-state index in [2.05, 4.69) is 26.1 Å². The van der Waals surface area contributed by atoms with Crippen molar-refractivity contribution in [3.63, 3.8) is 0 Å². The fourth-order valence-corrected chi connectivity index (χ4v) is 3.98. The number of amides is 1. The van der Waals surface area contributed by atoms with Gasteiger partial charge in [0.1, 0.15) is 11.9 Å². The molecule has 1 aliphatic carbocycles. The Hall–Kier alpha value is -1.59. The molecule has 0 aromatic heterocycles. The first-order chi connectivity index (χ1) is 11.4. The van der Waals surface area contributed by atoms with Crippen LogP contribution in [0.25, 0.3) is 0 Å². The van der Waals surface area contributed by atoms with Gasteiger partial charge in [-0.05, 0) is 57.3 Å². The van der Waals surface area contributed by atoms with Crippen molar-refractivity contribution in [2.45, 2.75) is 78.4 Å². The molecule has 4 atom stereocenters. The zero-order valence-corrected chi connectivity index (χ0v) is 16.3. The maximum atomic E-state index is 12.3. The minimum atomic E-state index is -1.63. The molecule has 25 heavy (non-hydrogen) atoms. The average Bonchev–Trinajstić information content (AvgIpc) is 2.43. The van der Waals surface area contributed by atoms with Crippen molar-refractivity contribution in [3.05, 3.63) is 0 Å². The van der Waals surface area contributed by atoms with E-state index in [0.29, 0.717) is 18.6 Å². The molecule has 0 radical (unpaired) electrons. The number of carboxylic acid groups (broad SMARTS) is 1. The van der Waals surface area contributed by atoms with Crippen LogP contribution in [0.5, 0.6) is 0 Å². The minimum Gasteiger partial charge on any atom is -0.479 e. The van der Waals surface area contributed by atoms with Crippen molar-refractivity contribution in [2.75, 3.05) is 0 Å². The third-order valence-corrected chi connectivity index (χ3v) is 5.17. The van der Waals surface area contributed by atoms with Gasteiger partial charge in [0.15, 0.2) is 5.54 Å². The minimum absolute atomic E-state index is 0.127. The maximum absolute atomic E-state index is 12.3. The van der Waals surface area contributed by atoms with Crippen LogP contribution in [-0.4, -0.2) is 34.6 Å². The normalized spacial score (nSPS) is 26.6. The molecule has 0 unspecified atom stereocenters. The lowest BCUT2D eigenvalue weighted by Crippen LogP contribution is -2.63. The zero-order valence-electron chi connectivity index (χ0n) is 16.3.